The predicted octanol–water partition coefficient (Wildman–Crippen LogP) is 0.247. The lowest BCUT2D eigenvalue weighted by atomic mass is 9.93. The topological polar surface area (TPSA) is 55.4 Å². The summed E-state index contributed by atoms with van der Waals surface area (Å²) in [5.74, 6) is 0.111. The first kappa shape index (κ1) is 9.43. The third-order valence-electron chi connectivity index (χ3n) is 2.72. The summed E-state index contributed by atoms with van der Waals surface area (Å²) in [6.45, 7) is 0.344. The standard InChI is InChI=1S/C8H15NO3S/c10-13(11)6-5-12-8-4-2-1-3-7(8)9-13/h7-9H,1-6H2. The quantitative estimate of drug-likeness (QED) is 0.616. The zero-order chi connectivity index (χ0) is 9.31. The highest BCUT2D eigenvalue weighted by Crippen LogP contribution is 2.23. The van der Waals surface area contributed by atoms with Crippen LogP contribution in [0.25, 0.3) is 0 Å². The minimum absolute atomic E-state index is 0.0289. The molecule has 0 bridgehead atoms. The van der Waals surface area contributed by atoms with Crippen molar-refractivity contribution in [3.05, 3.63) is 0 Å². The molecule has 0 spiro atoms. The van der Waals surface area contributed by atoms with E-state index in [-0.39, 0.29) is 17.9 Å². The van der Waals surface area contributed by atoms with E-state index in [0.29, 0.717) is 6.61 Å². The van der Waals surface area contributed by atoms with E-state index in [4.69, 9.17) is 4.74 Å². The highest BCUT2D eigenvalue weighted by Gasteiger charge is 2.32. The molecule has 1 saturated carbocycles. The van der Waals surface area contributed by atoms with Gasteiger partial charge in [0.15, 0.2) is 0 Å². The Balaban J connectivity index is 2.11. The number of nitrogens with one attached hydrogen (secondary N) is 1. The molecular weight excluding hydrogens is 190 g/mol. The van der Waals surface area contributed by atoms with Crippen molar-refractivity contribution < 1.29 is 13.2 Å². The van der Waals surface area contributed by atoms with Crippen LogP contribution in [0.15, 0.2) is 0 Å². The van der Waals surface area contributed by atoms with Crippen LogP contribution in [-0.2, 0) is 14.8 Å². The number of hydrogen-bond donors (Lipinski definition) is 1. The molecule has 2 atom stereocenters. The lowest BCUT2D eigenvalue weighted by Gasteiger charge is -2.28. The van der Waals surface area contributed by atoms with Crippen LogP contribution in [0.3, 0.4) is 0 Å². The van der Waals surface area contributed by atoms with Crippen LogP contribution in [0.1, 0.15) is 25.7 Å². The zero-order valence-electron chi connectivity index (χ0n) is 7.53. The molecule has 0 radical (unpaired) electrons. The Bertz CT molecular complexity index is 275. The summed E-state index contributed by atoms with van der Waals surface area (Å²) in [5.41, 5.74) is 0. The maximum Gasteiger partial charge on any atom is 0.214 e. The van der Waals surface area contributed by atoms with Crippen LogP contribution in [0, 0.1) is 0 Å². The number of sulfonamides is 1. The lowest BCUT2D eigenvalue weighted by Crippen LogP contribution is -2.43. The van der Waals surface area contributed by atoms with Gasteiger partial charge in [-0.15, -0.1) is 0 Å². The van der Waals surface area contributed by atoms with E-state index in [1.165, 1.54) is 0 Å². The molecule has 5 heteroatoms. The summed E-state index contributed by atoms with van der Waals surface area (Å²) in [6.07, 6.45) is 4.29. The second-order valence-electron chi connectivity index (χ2n) is 3.74. The molecule has 1 saturated heterocycles. The van der Waals surface area contributed by atoms with E-state index in [1.807, 2.05) is 0 Å². The Labute approximate surface area is 78.7 Å². The molecule has 13 heavy (non-hydrogen) atoms. The van der Waals surface area contributed by atoms with E-state index in [1.54, 1.807) is 0 Å². The van der Waals surface area contributed by atoms with Crippen molar-refractivity contribution in [1.29, 1.82) is 0 Å². The Morgan fingerprint density at radius 3 is 2.85 bits per heavy atom. The van der Waals surface area contributed by atoms with Crippen molar-refractivity contribution in [1.82, 2.24) is 4.72 Å². The highest BCUT2D eigenvalue weighted by molar-refractivity contribution is 7.89. The van der Waals surface area contributed by atoms with Crippen molar-refractivity contribution in [3.8, 4) is 0 Å². The summed E-state index contributed by atoms with van der Waals surface area (Å²) >= 11 is 0. The molecule has 2 aliphatic rings. The fourth-order valence-electron chi connectivity index (χ4n) is 2.03. The van der Waals surface area contributed by atoms with Gasteiger partial charge in [0, 0.05) is 6.04 Å². The average Bonchev–Trinajstić information content (AvgIpc) is 2.21. The van der Waals surface area contributed by atoms with Gasteiger partial charge in [-0.25, -0.2) is 13.1 Å². The molecule has 1 heterocycles. The molecule has 0 aromatic rings. The Kier molecular flexibility index (Phi) is 2.58. The summed E-state index contributed by atoms with van der Waals surface area (Å²) < 4.78 is 30.9. The maximum atomic E-state index is 11.3. The molecule has 0 aromatic heterocycles. The van der Waals surface area contributed by atoms with E-state index < -0.39 is 10.0 Å². The third-order valence-corrected chi connectivity index (χ3v) is 4.08. The van der Waals surface area contributed by atoms with Crippen molar-refractivity contribution in [2.75, 3.05) is 12.4 Å². The van der Waals surface area contributed by atoms with Crippen LogP contribution in [0.5, 0.6) is 0 Å². The van der Waals surface area contributed by atoms with Gasteiger partial charge in [0.25, 0.3) is 0 Å². The first-order valence-electron chi connectivity index (χ1n) is 4.79. The van der Waals surface area contributed by atoms with Gasteiger partial charge < -0.3 is 4.74 Å². The highest BCUT2D eigenvalue weighted by atomic mass is 32.2. The lowest BCUT2D eigenvalue weighted by molar-refractivity contribution is 0.0248. The molecule has 0 aromatic carbocycles. The van der Waals surface area contributed by atoms with Gasteiger partial charge in [-0.05, 0) is 12.8 Å². The minimum Gasteiger partial charge on any atom is -0.375 e. The molecular formula is C8H15NO3S. The fourth-order valence-corrected chi connectivity index (χ4v) is 3.19. The van der Waals surface area contributed by atoms with Crippen molar-refractivity contribution in [2.45, 2.75) is 37.8 Å². The first-order valence-corrected chi connectivity index (χ1v) is 6.44. The number of hydrogen-bond acceptors (Lipinski definition) is 3. The second-order valence-corrected chi connectivity index (χ2v) is 5.61. The predicted molar refractivity (Wildman–Crippen MR) is 48.9 cm³/mol. The van der Waals surface area contributed by atoms with Gasteiger partial charge >= 0.3 is 0 Å². The molecule has 1 N–H and O–H groups in total. The van der Waals surface area contributed by atoms with E-state index in [2.05, 4.69) is 4.72 Å². The monoisotopic (exact) mass is 205 g/mol. The second kappa shape index (κ2) is 3.55. The van der Waals surface area contributed by atoms with Crippen LogP contribution in [0.4, 0.5) is 0 Å². The van der Waals surface area contributed by atoms with E-state index >= 15 is 0 Å². The molecule has 4 nitrogen and oxygen atoms in total. The zero-order valence-corrected chi connectivity index (χ0v) is 8.35. The van der Waals surface area contributed by atoms with Gasteiger partial charge in [-0.2, -0.15) is 0 Å². The summed E-state index contributed by atoms with van der Waals surface area (Å²) in [5, 5.41) is 0. The molecule has 0 amide bonds. The van der Waals surface area contributed by atoms with Crippen molar-refractivity contribution >= 4 is 10.0 Å². The van der Waals surface area contributed by atoms with E-state index in [9.17, 15) is 8.42 Å². The molecule has 2 rings (SSSR count). The van der Waals surface area contributed by atoms with Gasteiger partial charge in [0.05, 0.1) is 18.5 Å². The van der Waals surface area contributed by atoms with Crippen molar-refractivity contribution in [3.63, 3.8) is 0 Å². The molecule has 2 fully saturated rings. The number of ether oxygens (including phenoxy) is 1. The van der Waals surface area contributed by atoms with Gasteiger partial charge in [-0.3, -0.25) is 0 Å². The van der Waals surface area contributed by atoms with Crippen LogP contribution < -0.4 is 4.72 Å². The van der Waals surface area contributed by atoms with Crippen LogP contribution in [0.2, 0.25) is 0 Å². The first-order chi connectivity index (χ1) is 6.17. The average molecular weight is 205 g/mol. The third kappa shape index (κ3) is 2.21. The smallest absolute Gasteiger partial charge is 0.214 e. The molecule has 2 unspecified atom stereocenters. The van der Waals surface area contributed by atoms with Crippen LogP contribution in [-0.4, -0.2) is 32.9 Å². The van der Waals surface area contributed by atoms with Crippen molar-refractivity contribution in [2.24, 2.45) is 0 Å². The maximum absolute atomic E-state index is 11.3. The normalized spacial score (nSPS) is 39.1. The van der Waals surface area contributed by atoms with Gasteiger partial charge in [0.2, 0.25) is 10.0 Å². The van der Waals surface area contributed by atoms with Gasteiger partial charge in [0.1, 0.15) is 0 Å². The minimum atomic E-state index is -3.06. The number of rotatable bonds is 0. The Hall–Kier alpha value is -0.130. The summed E-state index contributed by atoms with van der Waals surface area (Å²) in [7, 11) is -3.06. The van der Waals surface area contributed by atoms with Gasteiger partial charge in [-0.1, -0.05) is 12.8 Å². The largest absolute Gasteiger partial charge is 0.375 e. The Morgan fingerprint density at radius 1 is 1.23 bits per heavy atom. The number of fused-ring (bicyclic) bond motifs is 1. The Morgan fingerprint density at radius 2 is 2.00 bits per heavy atom. The van der Waals surface area contributed by atoms with Crippen LogP contribution >= 0.6 is 0 Å². The molecule has 76 valence electrons. The summed E-state index contributed by atoms with van der Waals surface area (Å²) in [6, 6.07) is 0.0289. The summed E-state index contributed by atoms with van der Waals surface area (Å²) in [4.78, 5) is 0. The van der Waals surface area contributed by atoms with E-state index in [0.717, 1.165) is 25.7 Å². The molecule has 1 aliphatic heterocycles. The fraction of sp³-hybridized carbons (Fsp3) is 1.00. The molecule has 1 aliphatic carbocycles. The SMILES string of the molecule is O=S1(=O)CCOC2CCCCC2N1.